The Bertz CT molecular complexity index is 336. The lowest BCUT2D eigenvalue weighted by molar-refractivity contribution is 0.238. The molecular formula is C13H21ClN2. The summed E-state index contributed by atoms with van der Waals surface area (Å²) in [5, 5.41) is 4.11. The molecule has 0 saturated carbocycles. The minimum absolute atomic E-state index is 0.132. The first kappa shape index (κ1) is 13.5. The number of nitrogens with one attached hydrogen (secondary N) is 1. The van der Waals surface area contributed by atoms with Gasteiger partial charge >= 0.3 is 0 Å². The predicted molar refractivity (Wildman–Crippen MR) is 70.9 cm³/mol. The summed E-state index contributed by atoms with van der Waals surface area (Å²) in [5.74, 6) is 0. The van der Waals surface area contributed by atoms with Crippen LogP contribution in [0.5, 0.6) is 0 Å². The molecule has 2 nitrogen and oxygen atoms in total. The van der Waals surface area contributed by atoms with Crippen molar-refractivity contribution in [3.05, 3.63) is 34.9 Å². The number of hydrogen-bond donors (Lipinski definition) is 1. The van der Waals surface area contributed by atoms with Crippen LogP contribution in [-0.2, 0) is 6.54 Å². The van der Waals surface area contributed by atoms with E-state index in [1.54, 1.807) is 0 Å². The summed E-state index contributed by atoms with van der Waals surface area (Å²) in [7, 11) is 4.12. The maximum Gasteiger partial charge on any atom is 0.0409 e. The van der Waals surface area contributed by atoms with Gasteiger partial charge in [-0.2, -0.15) is 0 Å². The van der Waals surface area contributed by atoms with Crippen molar-refractivity contribution >= 4 is 11.6 Å². The van der Waals surface area contributed by atoms with E-state index < -0.39 is 0 Å². The van der Waals surface area contributed by atoms with Gasteiger partial charge in [0.2, 0.25) is 0 Å². The Balaban J connectivity index is 2.55. The van der Waals surface area contributed by atoms with Crippen molar-refractivity contribution in [3.63, 3.8) is 0 Å². The molecule has 0 aliphatic carbocycles. The maximum atomic E-state index is 5.96. The van der Waals surface area contributed by atoms with Crippen LogP contribution < -0.4 is 5.32 Å². The highest BCUT2D eigenvalue weighted by Gasteiger charge is 2.17. The molecular weight excluding hydrogens is 220 g/mol. The van der Waals surface area contributed by atoms with Crippen LogP contribution in [0, 0.1) is 0 Å². The molecule has 1 aromatic rings. The van der Waals surface area contributed by atoms with Gasteiger partial charge in [0, 0.05) is 23.7 Å². The van der Waals surface area contributed by atoms with Crippen LogP contribution in [0.1, 0.15) is 19.4 Å². The number of nitrogens with zero attached hydrogens (tertiary/aromatic N) is 1. The van der Waals surface area contributed by atoms with Gasteiger partial charge in [-0.25, -0.2) is 0 Å². The van der Waals surface area contributed by atoms with E-state index in [1.165, 1.54) is 5.56 Å². The maximum absolute atomic E-state index is 5.96. The SMILES string of the molecule is CNC(C)(C)CN(C)Cc1cccc(Cl)c1. The van der Waals surface area contributed by atoms with Crippen LogP contribution in [0.4, 0.5) is 0 Å². The Morgan fingerprint density at radius 3 is 2.62 bits per heavy atom. The first-order valence-electron chi connectivity index (χ1n) is 5.55. The first-order chi connectivity index (χ1) is 7.43. The zero-order chi connectivity index (χ0) is 12.2. The van der Waals surface area contributed by atoms with Crippen LogP contribution in [0.3, 0.4) is 0 Å². The van der Waals surface area contributed by atoms with Gasteiger partial charge in [0.25, 0.3) is 0 Å². The Morgan fingerprint density at radius 2 is 2.06 bits per heavy atom. The van der Waals surface area contributed by atoms with E-state index in [9.17, 15) is 0 Å². The van der Waals surface area contributed by atoms with Crippen LogP contribution in [-0.4, -0.2) is 31.1 Å². The molecule has 3 heteroatoms. The van der Waals surface area contributed by atoms with Crippen molar-refractivity contribution in [2.24, 2.45) is 0 Å². The molecule has 0 bridgehead atoms. The van der Waals surface area contributed by atoms with Gasteiger partial charge in [-0.1, -0.05) is 23.7 Å². The Kier molecular flexibility index (Phi) is 4.78. The third kappa shape index (κ3) is 4.52. The molecule has 0 atom stereocenters. The van der Waals surface area contributed by atoms with E-state index in [-0.39, 0.29) is 5.54 Å². The second-order valence-electron chi connectivity index (χ2n) is 4.94. The molecule has 0 heterocycles. The Labute approximate surface area is 104 Å². The molecule has 0 aliphatic rings. The fourth-order valence-electron chi connectivity index (χ4n) is 1.76. The number of hydrogen-bond acceptors (Lipinski definition) is 2. The molecule has 1 N–H and O–H groups in total. The summed E-state index contributed by atoms with van der Waals surface area (Å²) in [5.41, 5.74) is 1.38. The summed E-state index contributed by atoms with van der Waals surface area (Å²) in [4.78, 5) is 2.29. The van der Waals surface area contributed by atoms with Gasteiger partial charge in [0.15, 0.2) is 0 Å². The fourth-order valence-corrected chi connectivity index (χ4v) is 1.97. The van der Waals surface area contributed by atoms with Crippen LogP contribution in [0.25, 0.3) is 0 Å². The van der Waals surface area contributed by atoms with Gasteiger partial charge in [0.05, 0.1) is 0 Å². The molecule has 0 spiro atoms. The predicted octanol–water partition coefficient (Wildman–Crippen LogP) is 2.77. The van der Waals surface area contributed by atoms with E-state index in [4.69, 9.17) is 11.6 Å². The van der Waals surface area contributed by atoms with Gasteiger partial charge < -0.3 is 10.2 Å². The zero-order valence-electron chi connectivity index (χ0n) is 10.5. The molecule has 0 fully saturated rings. The average molecular weight is 241 g/mol. The molecule has 0 radical (unpaired) electrons. The summed E-state index contributed by atoms with van der Waals surface area (Å²) >= 11 is 5.96. The molecule has 90 valence electrons. The molecule has 1 rings (SSSR count). The smallest absolute Gasteiger partial charge is 0.0409 e. The van der Waals surface area contributed by atoms with Crippen molar-refractivity contribution in [2.75, 3.05) is 20.6 Å². The highest BCUT2D eigenvalue weighted by Crippen LogP contribution is 2.13. The molecule has 0 unspecified atom stereocenters. The summed E-state index contributed by atoms with van der Waals surface area (Å²) in [6.45, 7) is 6.31. The summed E-state index contributed by atoms with van der Waals surface area (Å²) in [6.07, 6.45) is 0. The lowest BCUT2D eigenvalue weighted by Gasteiger charge is -2.30. The van der Waals surface area contributed by atoms with E-state index in [0.717, 1.165) is 18.1 Å². The average Bonchev–Trinajstić information content (AvgIpc) is 2.16. The fraction of sp³-hybridized carbons (Fsp3) is 0.538. The minimum atomic E-state index is 0.132. The molecule has 0 aromatic heterocycles. The van der Waals surface area contributed by atoms with Crippen molar-refractivity contribution in [2.45, 2.75) is 25.9 Å². The number of halogens is 1. The standard InChI is InChI=1S/C13H21ClN2/c1-13(2,15-3)10-16(4)9-11-6-5-7-12(14)8-11/h5-8,15H,9-10H2,1-4H3. The number of likely N-dealkylation sites (N-methyl/N-ethyl adjacent to an activating group) is 2. The summed E-state index contributed by atoms with van der Waals surface area (Å²) < 4.78 is 0. The largest absolute Gasteiger partial charge is 0.314 e. The van der Waals surface area contributed by atoms with Gasteiger partial charge in [-0.05, 0) is 45.6 Å². The minimum Gasteiger partial charge on any atom is -0.314 e. The van der Waals surface area contributed by atoms with Gasteiger partial charge in [0.1, 0.15) is 0 Å². The van der Waals surface area contributed by atoms with Crippen LogP contribution in [0.2, 0.25) is 5.02 Å². The van der Waals surface area contributed by atoms with Crippen molar-refractivity contribution in [1.29, 1.82) is 0 Å². The second-order valence-corrected chi connectivity index (χ2v) is 5.37. The second kappa shape index (κ2) is 5.67. The van der Waals surface area contributed by atoms with Crippen molar-refractivity contribution in [3.8, 4) is 0 Å². The lowest BCUT2D eigenvalue weighted by Crippen LogP contribution is -2.46. The van der Waals surface area contributed by atoms with Gasteiger partial charge in [-0.15, -0.1) is 0 Å². The number of rotatable bonds is 5. The third-order valence-electron chi connectivity index (χ3n) is 2.68. The van der Waals surface area contributed by atoms with Gasteiger partial charge in [-0.3, -0.25) is 0 Å². The van der Waals surface area contributed by atoms with E-state index in [1.807, 2.05) is 25.2 Å². The van der Waals surface area contributed by atoms with Crippen LogP contribution in [0.15, 0.2) is 24.3 Å². The Hall–Kier alpha value is -0.570. The highest BCUT2D eigenvalue weighted by molar-refractivity contribution is 6.30. The molecule has 0 saturated heterocycles. The van der Waals surface area contributed by atoms with E-state index >= 15 is 0 Å². The Morgan fingerprint density at radius 1 is 1.38 bits per heavy atom. The van der Waals surface area contributed by atoms with Crippen LogP contribution >= 0.6 is 11.6 Å². The third-order valence-corrected chi connectivity index (χ3v) is 2.92. The van der Waals surface area contributed by atoms with Crippen molar-refractivity contribution < 1.29 is 0 Å². The van der Waals surface area contributed by atoms with E-state index in [2.05, 4.69) is 37.2 Å². The molecule has 0 aliphatic heterocycles. The highest BCUT2D eigenvalue weighted by atomic mass is 35.5. The topological polar surface area (TPSA) is 15.3 Å². The quantitative estimate of drug-likeness (QED) is 0.852. The normalized spacial score (nSPS) is 12.1. The number of benzene rings is 1. The molecule has 16 heavy (non-hydrogen) atoms. The van der Waals surface area contributed by atoms with E-state index in [0.29, 0.717) is 0 Å². The first-order valence-corrected chi connectivity index (χ1v) is 5.93. The monoisotopic (exact) mass is 240 g/mol. The van der Waals surface area contributed by atoms with Crippen molar-refractivity contribution in [1.82, 2.24) is 10.2 Å². The zero-order valence-corrected chi connectivity index (χ0v) is 11.3. The molecule has 1 aromatic carbocycles. The lowest BCUT2D eigenvalue weighted by atomic mass is 10.1. The summed E-state index contributed by atoms with van der Waals surface area (Å²) in [6, 6.07) is 8.02. The molecule has 0 amide bonds.